The first-order valence-electron chi connectivity index (χ1n) is 10.7. The Bertz CT molecular complexity index is 1430. The van der Waals surface area contributed by atoms with Crippen LogP contribution in [0, 0.1) is 12.7 Å². The van der Waals surface area contributed by atoms with Crippen LogP contribution in [0.2, 0.25) is 0 Å². The number of rotatable bonds is 5. The van der Waals surface area contributed by atoms with Gasteiger partial charge in [0.1, 0.15) is 23.0 Å². The zero-order chi connectivity index (χ0) is 23.1. The number of hydrogen-bond donors (Lipinski definition) is 0. The van der Waals surface area contributed by atoms with E-state index >= 15 is 0 Å². The van der Waals surface area contributed by atoms with Crippen molar-refractivity contribution in [3.63, 3.8) is 0 Å². The fourth-order valence-corrected chi connectivity index (χ4v) is 4.13. The van der Waals surface area contributed by atoms with Crippen molar-refractivity contribution in [3.05, 3.63) is 99.3 Å². The minimum absolute atomic E-state index is 0.0567. The summed E-state index contributed by atoms with van der Waals surface area (Å²) in [5.74, 6) is 0.0158. The Kier molecular flexibility index (Phi) is 5.17. The fraction of sp³-hybridized carbons (Fsp3) is 0.192. The molecule has 7 heteroatoms. The molecule has 0 saturated carbocycles. The second kappa shape index (κ2) is 8.16. The van der Waals surface area contributed by atoms with Gasteiger partial charge in [-0.2, -0.15) is 0 Å². The normalized spacial score (nSPS) is 15.2. The van der Waals surface area contributed by atoms with Gasteiger partial charge in [0.15, 0.2) is 5.43 Å². The molecule has 1 amide bonds. The Balaban J connectivity index is 1.73. The molecular weight excluding hydrogens is 423 g/mol. The number of amides is 1. The third kappa shape index (κ3) is 3.55. The van der Waals surface area contributed by atoms with Crippen LogP contribution in [0.3, 0.4) is 0 Å². The summed E-state index contributed by atoms with van der Waals surface area (Å²) in [6.45, 7) is 4.44. The second-order valence-corrected chi connectivity index (χ2v) is 7.95. The topological polar surface area (TPSA) is 72.6 Å². The zero-order valence-corrected chi connectivity index (χ0v) is 18.2. The lowest BCUT2D eigenvalue weighted by molar-refractivity contribution is 0.0970. The molecular formula is C26H21FN2O4. The van der Waals surface area contributed by atoms with Gasteiger partial charge in [-0.1, -0.05) is 25.1 Å². The predicted molar refractivity (Wildman–Crippen MR) is 122 cm³/mol. The molecule has 166 valence electrons. The first kappa shape index (κ1) is 20.9. The van der Waals surface area contributed by atoms with Crippen molar-refractivity contribution in [3.8, 4) is 5.75 Å². The van der Waals surface area contributed by atoms with E-state index in [1.807, 2.05) is 32.0 Å². The Morgan fingerprint density at radius 3 is 2.61 bits per heavy atom. The lowest BCUT2D eigenvalue weighted by atomic mass is 9.98. The summed E-state index contributed by atoms with van der Waals surface area (Å²) in [5.41, 5.74) is 1.31. The highest BCUT2D eigenvalue weighted by molar-refractivity contribution is 6.10. The molecule has 2 aromatic carbocycles. The molecule has 1 aliphatic heterocycles. The lowest BCUT2D eigenvalue weighted by Crippen LogP contribution is -2.30. The Labute approximate surface area is 189 Å². The average molecular weight is 444 g/mol. The maximum Gasteiger partial charge on any atom is 0.296 e. The van der Waals surface area contributed by atoms with E-state index in [1.165, 1.54) is 17.0 Å². The van der Waals surface area contributed by atoms with Gasteiger partial charge in [0.05, 0.1) is 23.6 Å². The van der Waals surface area contributed by atoms with Crippen molar-refractivity contribution in [2.75, 3.05) is 11.5 Å². The van der Waals surface area contributed by atoms with E-state index in [9.17, 15) is 14.0 Å². The van der Waals surface area contributed by atoms with E-state index in [1.54, 1.807) is 24.3 Å². The van der Waals surface area contributed by atoms with Crippen LogP contribution in [0.25, 0.3) is 11.0 Å². The van der Waals surface area contributed by atoms with E-state index in [-0.39, 0.29) is 22.3 Å². The maximum absolute atomic E-state index is 13.9. The van der Waals surface area contributed by atoms with Gasteiger partial charge >= 0.3 is 0 Å². The van der Waals surface area contributed by atoms with E-state index in [2.05, 4.69) is 4.98 Å². The molecule has 0 bridgehead atoms. The van der Waals surface area contributed by atoms with Crippen LogP contribution >= 0.6 is 0 Å². The first-order chi connectivity index (χ1) is 16.0. The molecule has 0 spiro atoms. The number of pyridine rings is 1. The molecule has 1 aliphatic rings. The molecule has 0 aliphatic carbocycles. The summed E-state index contributed by atoms with van der Waals surface area (Å²) in [4.78, 5) is 33.0. The quantitative estimate of drug-likeness (QED) is 0.424. The van der Waals surface area contributed by atoms with E-state index in [0.717, 1.165) is 18.2 Å². The van der Waals surface area contributed by atoms with Crippen LogP contribution in [-0.4, -0.2) is 17.5 Å². The first-order valence-corrected chi connectivity index (χ1v) is 10.7. The summed E-state index contributed by atoms with van der Waals surface area (Å²) >= 11 is 0. The molecule has 0 radical (unpaired) electrons. The van der Waals surface area contributed by atoms with Gasteiger partial charge in [0.2, 0.25) is 5.76 Å². The van der Waals surface area contributed by atoms with Crippen LogP contribution in [-0.2, 0) is 0 Å². The maximum atomic E-state index is 13.9. The van der Waals surface area contributed by atoms with Crippen LogP contribution in [0.4, 0.5) is 10.2 Å². The van der Waals surface area contributed by atoms with Crippen molar-refractivity contribution in [2.45, 2.75) is 26.3 Å². The van der Waals surface area contributed by atoms with E-state index in [4.69, 9.17) is 9.15 Å². The molecule has 0 saturated heterocycles. The van der Waals surface area contributed by atoms with E-state index in [0.29, 0.717) is 23.7 Å². The number of aryl methyl sites for hydroxylation is 1. The Morgan fingerprint density at radius 1 is 1.09 bits per heavy atom. The smallest absolute Gasteiger partial charge is 0.296 e. The van der Waals surface area contributed by atoms with Gasteiger partial charge in [-0.05, 0) is 61.4 Å². The van der Waals surface area contributed by atoms with Crippen LogP contribution in [0.1, 0.15) is 46.8 Å². The highest BCUT2D eigenvalue weighted by Gasteiger charge is 2.44. The average Bonchev–Trinajstić information content (AvgIpc) is 3.11. The lowest BCUT2D eigenvalue weighted by Gasteiger charge is -2.24. The van der Waals surface area contributed by atoms with Crippen molar-refractivity contribution >= 4 is 22.7 Å². The minimum atomic E-state index is -0.772. The third-order valence-corrected chi connectivity index (χ3v) is 5.62. The van der Waals surface area contributed by atoms with E-state index < -0.39 is 23.2 Å². The second-order valence-electron chi connectivity index (χ2n) is 7.95. The van der Waals surface area contributed by atoms with Crippen molar-refractivity contribution < 1.29 is 18.3 Å². The van der Waals surface area contributed by atoms with Crippen LogP contribution in [0.15, 0.2) is 69.9 Å². The minimum Gasteiger partial charge on any atom is -0.494 e. The molecule has 1 unspecified atom stereocenters. The van der Waals surface area contributed by atoms with Gasteiger partial charge in [-0.3, -0.25) is 14.5 Å². The summed E-state index contributed by atoms with van der Waals surface area (Å²) < 4.78 is 25.4. The number of halogens is 1. The SMILES string of the molecule is CCCOc1ccc(C2c3c(oc4ccc(F)cc4c3=O)C(=O)N2c2cccc(C)n2)cc1. The fourth-order valence-electron chi connectivity index (χ4n) is 4.13. The number of carbonyl (C=O) groups excluding carboxylic acids is 1. The van der Waals surface area contributed by atoms with Gasteiger partial charge in [-0.15, -0.1) is 0 Å². The molecule has 3 heterocycles. The zero-order valence-electron chi connectivity index (χ0n) is 18.2. The molecule has 1 atom stereocenters. The van der Waals surface area contributed by atoms with Gasteiger partial charge in [0.25, 0.3) is 5.91 Å². The molecule has 33 heavy (non-hydrogen) atoms. The van der Waals surface area contributed by atoms with Gasteiger partial charge in [0, 0.05) is 5.69 Å². The molecule has 2 aromatic heterocycles. The van der Waals surface area contributed by atoms with Crippen molar-refractivity contribution in [2.24, 2.45) is 0 Å². The number of ether oxygens (including phenoxy) is 1. The molecule has 6 nitrogen and oxygen atoms in total. The molecule has 0 N–H and O–H groups in total. The number of anilines is 1. The largest absolute Gasteiger partial charge is 0.494 e. The predicted octanol–water partition coefficient (Wildman–Crippen LogP) is 5.17. The van der Waals surface area contributed by atoms with Gasteiger partial charge in [-0.25, -0.2) is 9.37 Å². The van der Waals surface area contributed by atoms with Gasteiger partial charge < -0.3 is 9.15 Å². The van der Waals surface area contributed by atoms with Crippen molar-refractivity contribution in [1.82, 2.24) is 4.98 Å². The standard InChI is InChI=1S/C26H21FN2O4/c1-3-13-32-18-10-7-16(8-11-18)23-22-24(30)19-14-17(27)9-12-20(19)33-25(22)26(31)29(23)21-6-4-5-15(2)28-21/h4-12,14,23H,3,13H2,1-2H3. The Hall–Kier alpha value is -4.00. The number of hydrogen-bond acceptors (Lipinski definition) is 5. The number of fused-ring (bicyclic) bond motifs is 2. The number of benzene rings is 2. The van der Waals surface area contributed by atoms with Crippen LogP contribution < -0.4 is 15.1 Å². The summed E-state index contributed by atoms with van der Waals surface area (Å²) in [7, 11) is 0. The number of carbonyl (C=O) groups is 1. The third-order valence-electron chi connectivity index (χ3n) is 5.62. The highest BCUT2D eigenvalue weighted by atomic mass is 19.1. The molecule has 4 aromatic rings. The summed E-state index contributed by atoms with van der Waals surface area (Å²) in [6.07, 6.45) is 0.879. The monoisotopic (exact) mass is 444 g/mol. The summed E-state index contributed by atoms with van der Waals surface area (Å²) in [6, 6.07) is 15.5. The number of aromatic nitrogens is 1. The molecule has 0 fully saturated rings. The molecule has 5 rings (SSSR count). The number of nitrogens with zero attached hydrogens (tertiary/aromatic N) is 2. The van der Waals surface area contributed by atoms with Crippen LogP contribution in [0.5, 0.6) is 5.75 Å². The summed E-state index contributed by atoms with van der Waals surface area (Å²) in [5, 5.41) is 0.0912. The van der Waals surface area contributed by atoms with Crippen molar-refractivity contribution in [1.29, 1.82) is 0 Å². The highest BCUT2D eigenvalue weighted by Crippen LogP contribution is 2.41. The Morgan fingerprint density at radius 2 is 1.88 bits per heavy atom.